The number of likely N-dealkylation sites (tertiary alicyclic amines) is 1. The highest BCUT2D eigenvalue weighted by Gasteiger charge is 2.41. The Bertz CT molecular complexity index is 2770. The van der Waals surface area contributed by atoms with Crippen LogP contribution in [-0.4, -0.2) is 180 Å². The number of unbranched alkanes of at least 4 members (excludes halogenated alkanes) is 1. The number of aromatic nitrogens is 1. The quantitative estimate of drug-likeness (QED) is 0.0497. The standard InChI is InChI=1S/C56H74N10O11S4/c1-32(68)43(28-67)61-54(75)45-30-81-80-29-44(62-52(73)41(22-35-15-7-4-8-16-35)64-56(77)66-26-47-48(27-66)79-31-78-47)46(70)24-36(21-34-13-5-3-6-14-34)50(71)60-42(23-37-25-58-39-18-10-9-17-38(37)39)53(74)59-40(19-11-12-20-57)51(72)65-49(33(2)69)55(76)63-45/h3-10,13-18,25,32-33,36,40-45,47-49,58,67-69H,11-12,19-24,26-31,57H2,1-2H3,(H,59,74)(H,60,71)(H,61,75)(H,62,73)(H,63,76)(H,64,77)(H,65,72)/t32?,33?,36-,40+,41-,42-,43-,44+,45+,47+,48?,49+/m1/s1. The van der Waals surface area contributed by atoms with Crippen molar-refractivity contribution in [3.05, 3.63) is 108 Å². The molecule has 8 amide bonds. The SMILES string of the molecule is CC(O)[C@@H]1NC(=O)[C@H](CCCCN)NC(=O)[C@@H](Cc2c[nH]c3ccccc23)NC(=O)[C@H](Cc2ccccc2)CC(=O)[C@@H](NC(=O)[C@@H](Cc2ccccc2)NC(=O)N2CC3SCS[C@H]3C2)CSSC[C@@H](C(=O)N[C@H](CO)C(C)O)NC1=O. The number of H-pyrrole nitrogens is 1. The van der Waals surface area contributed by atoms with E-state index in [0.717, 1.165) is 43.1 Å². The smallest absolute Gasteiger partial charge is 0.318 e. The molecule has 3 aliphatic heterocycles. The normalized spacial score (nSPS) is 25.0. The summed E-state index contributed by atoms with van der Waals surface area (Å²) in [6.45, 7) is 3.25. The van der Waals surface area contributed by atoms with Gasteiger partial charge in [0.1, 0.15) is 30.2 Å². The Morgan fingerprint density at radius 1 is 0.741 bits per heavy atom. The Hall–Kier alpha value is -5.80. The number of hydrogen-bond acceptors (Lipinski definition) is 16. The molecule has 25 heteroatoms. The van der Waals surface area contributed by atoms with Gasteiger partial charge < -0.3 is 68.2 Å². The number of Topliss-reactive ketones (excluding diaryl/α,β-unsaturated/α-hetero) is 1. The van der Waals surface area contributed by atoms with Crippen molar-refractivity contribution < 1.29 is 53.7 Å². The maximum Gasteiger partial charge on any atom is 0.318 e. The van der Waals surface area contributed by atoms with E-state index in [0.29, 0.717) is 37.1 Å². The van der Waals surface area contributed by atoms with E-state index in [2.05, 4.69) is 42.2 Å². The number of nitrogens with zero attached hydrogens (tertiary/aromatic N) is 1. The summed E-state index contributed by atoms with van der Waals surface area (Å²) in [7, 11) is 2.10. The summed E-state index contributed by atoms with van der Waals surface area (Å²) in [5.74, 6) is -6.84. The van der Waals surface area contributed by atoms with E-state index in [1.165, 1.54) is 13.8 Å². The molecule has 3 fully saturated rings. The number of para-hydroxylation sites is 1. The van der Waals surface area contributed by atoms with E-state index in [1.807, 2.05) is 60.7 Å². The molecule has 0 radical (unpaired) electrons. The molecule has 3 aromatic carbocycles. The lowest BCUT2D eigenvalue weighted by atomic mass is 9.90. The van der Waals surface area contributed by atoms with Gasteiger partial charge in [-0.3, -0.25) is 33.6 Å². The van der Waals surface area contributed by atoms with Gasteiger partial charge in [0.2, 0.25) is 35.4 Å². The van der Waals surface area contributed by atoms with Crippen molar-refractivity contribution in [2.75, 3.05) is 42.8 Å². The Balaban J connectivity index is 1.26. The van der Waals surface area contributed by atoms with E-state index in [9.17, 15) is 44.1 Å². The van der Waals surface area contributed by atoms with E-state index in [-0.39, 0.29) is 54.2 Å². The molecule has 1 aromatic heterocycles. The molecule has 3 saturated heterocycles. The predicted molar refractivity (Wildman–Crippen MR) is 317 cm³/mol. The summed E-state index contributed by atoms with van der Waals surface area (Å²) >= 11 is 3.59. The van der Waals surface area contributed by atoms with Crippen LogP contribution in [0.1, 0.15) is 56.2 Å². The number of urea groups is 1. The van der Waals surface area contributed by atoms with Gasteiger partial charge in [0.05, 0.1) is 30.9 Å². The van der Waals surface area contributed by atoms with Gasteiger partial charge in [0.15, 0.2) is 5.78 Å². The average Bonchev–Trinajstić information content (AvgIpc) is 4.22. The van der Waals surface area contributed by atoms with Gasteiger partial charge in [0, 0.05) is 82.5 Å². The Morgan fingerprint density at radius 2 is 1.38 bits per heavy atom. The van der Waals surface area contributed by atoms with E-state index in [1.54, 1.807) is 58.9 Å². The number of nitrogens with two attached hydrogens (primary N) is 1. The second-order valence-electron chi connectivity index (χ2n) is 20.6. The van der Waals surface area contributed by atoms with Gasteiger partial charge in [-0.05, 0) is 68.8 Å². The number of carbonyl (C=O) groups excluding carboxylic acids is 8. The van der Waals surface area contributed by atoms with Crippen LogP contribution < -0.4 is 43.0 Å². The third-order valence-electron chi connectivity index (χ3n) is 14.5. The Labute approximate surface area is 487 Å². The minimum absolute atomic E-state index is 0.0308. The first-order valence-electron chi connectivity index (χ1n) is 27.2. The van der Waals surface area contributed by atoms with Crippen molar-refractivity contribution in [2.24, 2.45) is 11.7 Å². The van der Waals surface area contributed by atoms with E-state index >= 15 is 9.59 Å². The maximum atomic E-state index is 15.1. The Morgan fingerprint density at radius 3 is 2.05 bits per heavy atom. The largest absolute Gasteiger partial charge is 0.394 e. The molecule has 7 rings (SSSR count). The maximum absolute atomic E-state index is 15.1. The molecule has 4 heterocycles. The van der Waals surface area contributed by atoms with E-state index in [4.69, 9.17) is 5.73 Å². The molecule has 12 atom stereocenters. The third-order valence-corrected chi connectivity index (χ3v) is 20.0. The third kappa shape index (κ3) is 18.1. The number of ketones is 1. The average molecular weight is 1190 g/mol. The monoisotopic (exact) mass is 1190 g/mol. The highest BCUT2D eigenvalue weighted by atomic mass is 33.1. The number of aromatic amines is 1. The first-order valence-corrected chi connectivity index (χ1v) is 31.8. The number of rotatable bonds is 18. The van der Waals surface area contributed by atoms with Crippen LogP contribution in [0, 0.1) is 5.92 Å². The fourth-order valence-electron chi connectivity index (χ4n) is 9.76. The predicted octanol–water partition coefficient (Wildman–Crippen LogP) is 1.53. The zero-order valence-corrected chi connectivity index (χ0v) is 48.5. The van der Waals surface area contributed by atoms with Crippen molar-refractivity contribution in [1.29, 1.82) is 0 Å². The minimum Gasteiger partial charge on any atom is -0.394 e. The summed E-state index contributed by atoms with van der Waals surface area (Å²) in [5, 5.41) is 52.9. The van der Waals surface area contributed by atoms with Crippen LogP contribution in [0.5, 0.6) is 0 Å². The lowest BCUT2D eigenvalue weighted by Gasteiger charge is -2.29. The molecule has 0 bridgehead atoms. The van der Waals surface area contributed by atoms with Crippen molar-refractivity contribution in [2.45, 2.75) is 124 Å². The molecule has 81 heavy (non-hydrogen) atoms. The van der Waals surface area contributed by atoms with Gasteiger partial charge in [-0.25, -0.2) is 4.79 Å². The van der Waals surface area contributed by atoms with Crippen molar-refractivity contribution >= 4 is 103 Å². The molecule has 0 saturated carbocycles. The number of amides is 8. The van der Waals surface area contributed by atoms with E-state index < -0.39 is 121 Å². The number of carbonyl (C=O) groups is 8. The van der Waals surface area contributed by atoms with Crippen molar-refractivity contribution in [3.8, 4) is 0 Å². The van der Waals surface area contributed by atoms with Gasteiger partial charge in [-0.2, -0.15) is 0 Å². The molecule has 21 nitrogen and oxygen atoms in total. The second kappa shape index (κ2) is 31.0. The molecular formula is C56H74N10O11S4. The number of benzene rings is 3. The summed E-state index contributed by atoms with van der Waals surface area (Å²) in [4.78, 5) is 121. The van der Waals surface area contributed by atoms with Crippen LogP contribution >= 0.6 is 45.1 Å². The first kappa shape index (κ1) is 62.8. The zero-order chi connectivity index (χ0) is 58.0. The van der Waals surface area contributed by atoms with Crippen LogP contribution in [0.2, 0.25) is 0 Å². The summed E-state index contributed by atoms with van der Waals surface area (Å²) in [6, 6.07) is 15.7. The minimum atomic E-state index is -1.68. The van der Waals surface area contributed by atoms with Gasteiger partial charge in [-0.1, -0.05) is 100 Å². The van der Waals surface area contributed by atoms with Crippen LogP contribution in [0.25, 0.3) is 10.9 Å². The highest BCUT2D eigenvalue weighted by molar-refractivity contribution is 8.76. The number of aliphatic hydroxyl groups is 3. The lowest BCUT2D eigenvalue weighted by Crippen LogP contribution is -2.62. The zero-order valence-electron chi connectivity index (χ0n) is 45.3. The summed E-state index contributed by atoms with van der Waals surface area (Å²) in [5.41, 5.74) is 8.70. The summed E-state index contributed by atoms with van der Waals surface area (Å²) in [6.07, 6.45) is -0.606. The van der Waals surface area contributed by atoms with Crippen LogP contribution in [0.4, 0.5) is 4.79 Å². The number of aliphatic hydroxyl groups excluding tert-OH is 3. The molecule has 4 aromatic rings. The summed E-state index contributed by atoms with van der Waals surface area (Å²) < 4.78 is 0. The van der Waals surface area contributed by atoms with Crippen LogP contribution in [0.15, 0.2) is 91.1 Å². The van der Waals surface area contributed by atoms with Gasteiger partial charge in [-0.15, -0.1) is 23.5 Å². The fraction of sp³-hybridized carbons (Fsp3) is 0.500. The molecule has 3 unspecified atom stereocenters. The molecule has 0 aliphatic carbocycles. The van der Waals surface area contributed by atoms with Crippen molar-refractivity contribution in [3.63, 3.8) is 0 Å². The molecule has 0 spiro atoms. The van der Waals surface area contributed by atoms with Crippen LogP contribution in [-0.2, 0) is 52.8 Å². The molecule has 438 valence electrons. The topological polar surface area (TPSA) is 327 Å². The fourth-order valence-corrected chi connectivity index (χ4v) is 15.5. The molecular weight excluding hydrogens is 1120 g/mol. The van der Waals surface area contributed by atoms with Gasteiger partial charge >= 0.3 is 6.03 Å². The Kier molecular flexibility index (Phi) is 24.1. The number of fused-ring (bicyclic) bond motifs is 2. The first-order chi connectivity index (χ1) is 39.0. The molecule has 3 aliphatic rings. The highest BCUT2D eigenvalue weighted by Crippen LogP contribution is 2.41. The van der Waals surface area contributed by atoms with Crippen molar-refractivity contribution in [1.82, 2.24) is 47.1 Å². The number of nitrogens with one attached hydrogen (secondary N) is 8. The second-order valence-corrected chi connectivity index (χ2v) is 26.0. The number of thioether (sulfide) groups is 2. The molecule has 13 N–H and O–H groups in total. The van der Waals surface area contributed by atoms with Gasteiger partial charge in [0.25, 0.3) is 0 Å². The number of hydrogen-bond donors (Lipinski definition) is 12. The van der Waals surface area contributed by atoms with Crippen LogP contribution in [0.3, 0.4) is 0 Å². The lowest BCUT2D eigenvalue weighted by molar-refractivity contribution is -0.137.